The largest absolute Gasteiger partial charge is 0.381 e. The molecule has 4 nitrogen and oxygen atoms in total. The van der Waals surface area contributed by atoms with E-state index in [4.69, 9.17) is 5.73 Å². The van der Waals surface area contributed by atoms with Crippen molar-refractivity contribution in [3.05, 3.63) is 6.20 Å². The Balaban J connectivity index is 1.86. The number of nitrogens with zero attached hydrogens (tertiary/aromatic N) is 3. The van der Waals surface area contributed by atoms with Gasteiger partial charge in [0.2, 0.25) is 0 Å². The molecule has 1 fully saturated rings. The van der Waals surface area contributed by atoms with Gasteiger partial charge in [-0.2, -0.15) is 9.90 Å². The lowest BCUT2D eigenvalue weighted by Gasteiger charge is -2.25. The Morgan fingerprint density at radius 2 is 2.14 bits per heavy atom. The van der Waals surface area contributed by atoms with Gasteiger partial charge >= 0.3 is 0 Å². The Labute approximate surface area is 84.5 Å². The maximum Gasteiger partial charge on any atom is 0.165 e. The first kappa shape index (κ1) is 9.49. The summed E-state index contributed by atoms with van der Waals surface area (Å²) in [6.45, 7) is 3.27. The molecule has 0 atom stereocenters. The fraction of sp³-hybridized carbons (Fsp3) is 0.800. The highest BCUT2D eigenvalue weighted by Gasteiger charge is 2.18. The topological polar surface area (TPSA) is 56.7 Å². The third-order valence-corrected chi connectivity index (χ3v) is 3.11. The highest BCUT2D eigenvalue weighted by molar-refractivity contribution is 5.19. The zero-order valence-electron chi connectivity index (χ0n) is 8.69. The number of nitrogens with two attached hydrogens (primary N) is 1. The Bertz CT molecular complexity index is 286. The molecule has 0 spiro atoms. The Hall–Kier alpha value is -1.06. The predicted molar refractivity (Wildman–Crippen MR) is 55.6 cm³/mol. The van der Waals surface area contributed by atoms with Crippen molar-refractivity contribution in [1.29, 1.82) is 0 Å². The van der Waals surface area contributed by atoms with Crippen molar-refractivity contribution in [1.82, 2.24) is 15.0 Å². The normalized spacial score (nSPS) is 27.8. The van der Waals surface area contributed by atoms with Crippen LogP contribution >= 0.6 is 0 Å². The molecule has 0 saturated heterocycles. The van der Waals surface area contributed by atoms with Crippen LogP contribution in [0.5, 0.6) is 0 Å². The fourth-order valence-electron chi connectivity index (χ4n) is 2.14. The lowest BCUT2D eigenvalue weighted by atomic mass is 9.83. The van der Waals surface area contributed by atoms with Crippen LogP contribution in [0.25, 0.3) is 0 Å². The molecule has 0 aromatic carbocycles. The van der Waals surface area contributed by atoms with E-state index in [0.717, 1.165) is 18.4 Å². The van der Waals surface area contributed by atoms with Crippen LogP contribution < -0.4 is 5.73 Å². The number of nitrogen functional groups attached to an aromatic ring is 1. The van der Waals surface area contributed by atoms with Crippen LogP contribution in [0.4, 0.5) is 5.82 Å². The summed E-state index contributed by atoms with van der Waals surface area (Å²) in [4.78, 5) is 1.73. The van der Waals surface area contributed by atoms with Crippen LogP contribution in [-0.2, 0) is 6.54 Å². The highest BCUT2D eigenvalue weighted by Crippen LogP contribution is 2.28. The molecule has 4 heteroatoms. The van der Waals surface area contributed by atoms with E-state index in [1.165, 1.54) is 25.7 Å². The average molecular weight is 194 g/mol. The minimum absolute atomic E-state index is 0.522. The van der Waals surface area contributed by atoms with Crippen molar-refractivity contribution < 1.29 is 0 Å². The molecule has 14 heavy (non-hydrogen) atoms. The second kappa shape index (κ2) is 3.98. The Morgan fingerprint density at radius 3 is 2.71 bits per heavy atom. The maximum absolute atomic E-state index is 5.51. The molecule has 0 amide bonds. The van der Waals surface area contributed by atoms with E-state index < -0.39 is 0 Å². The van der Waals surface area contributed by atoms with Gasteiger partial charge in [-0.05, 0) is 24.7 Å². The van der Waals surface area contributed by atoms with Crippen molar-refractivity contribution >= 4 is 5.82 Å². The van der Waals surface area contributed by atoms with Gasteiger partial charge in [0.25, 0.3) is 0 Å². The van der Waals surface area contributed by atoms with Gasteiger partial charge < -0.3 is 5.73 Å². The van der Waals surface area contributed by atoms with Crippen molar-refractivity contribution in [2.24, 2.45) is 11.8 Å². The molecular formula is C10H18N4. The molecule has 1 aliphatic rings. The third kappa shape index (κ3) is 2.25. The molecule has 1 saturated carbocycles. The van der Waals surface area contributed by atoms with Crippen molar-refractivity contribution in [3.8, 4) is 0 Å². The van der Waals surface area contributed by atoms with Crippen molar-refractivity contribution in [2.75, 3.05) is 5.73 Å². The number of aromatic nitrogens is 3. The summed E-state index contributed by atoms with van der Waals surface area (Å²) in [6.07, 6.45) is 6.93. The zero-order valence-corrected chi connectivity index (χ0v) is 8.69. The van der Waals surface area contributed by atoms with E-state index in [9.17, 15) is 0 Å². The molecule has 2 rings (SSSR count). The summed E-state index contributed by atoms with van der Waals surface area (Å²) in [5.41, 5.74) is 5.51. The molecule has 0 unspecified atom stereocenters. The van der Waals surface area contributed by atoms with Gasteiger partial charge in [0.05, 0.1) is 12.7 Å². The summed E-state index contributed by atoms with van der Waals surface area (Å²) in [7, 11) is 0. The second-order valence-corrected chi connectivity index (χ2v) is 4.45. The molecule has 0 radical (unpaired) electrons. The van der Waals surface area contributed by atoms with Gasteiger partial charge in [0.15, 0.2) is 5.82 Å². The molecular weight excluding hydrogens is 176 g/mol. The van der Waals surface area contributed by atoms with Gasteiger partial charge in [-0.25, -0.2) is 0 Å². The van der Waals surface area contributed by atoms with Crippen LogP contribution in [0, 0.1) is 11.8 Å². The summed E-state index contributed by atoms with van der Waals surface area (Å²) >= 11 is 0. The highest BCUT2D eigenvalue weighted by atomic mass is 15.5. The molecule has 1 aromatic heterocycles. The number of hydrogen-bond donors (Lipinski definition) is 1. The first-order valence-electron chi connectivity index (χ1n) is 5.39. The summed E-state index contributed by atoms with van der Waals surface area (Å²) in [5, 5.41) is 8.22. The smallest absolute Gasteiger partial charge is 0.165 e. The lowest BCUT2D eigenvalue weighted by Crippen LogP contribution is -2.19. The van der Waals surface area contributed by atoms with Crippen molar-refractivity contribution in [3.63, 3.8) is 0 Å². The van der Waals surface area contributed by atoms with Crippen LogP contribution in [-0.4, -0.2) is 15.0 Å². The SMILES string of the molecule is CC1CCC(Cn2ncc(N)n2)CC1. The zero-order chi connectivity index (χ0) is 9.97. The predicted octanol–water partition coefficient (Wildman–Crippen LogP) is 1.69. The van der Waals surface area contributed by atoms with E-state index in [0.29, 0.717) is 5.82 Å². The molecule has 1 heterocycles. The Kier molecular flexibility index (Phi) is 2.70. The van der Waals surface area contributed by atoms with Gasteiger partial charge in [0, 0.05) is 0 Å². The number of anilines is 1. The number of hydrogen-bond acceptors (Lipinski definition) is 3. The molecule has 1 aliphatic carbocycles. The van der Waals surface area contributed by atoms with Gasteiger partial charge in [-0.15, -0.1) is 5.10 Å². The van der Waals surface area contributed by atoms with Crippen LogP contribution in [0.3, 0.4) is 0 Å². The number of rotatable bonds is 2. The van der Waals surface area contributed by atoms with E-state index in [2.05, 4.69) is 17.1 Å². The van der Waals surface area contributed by atoms with E-state index in [1.54, 1.807) is 11.0 Å². The first-order valence-corrected chi connectivity index (χ1v) is 5.39. The molecule has 78 valence electrons. The maximum atomic E-state index is 5.51. The third-order valence-electron chi connectivity index (χ3n) is 3.11. The van der Waals surface area contributed by atoms with Gasteiger partial charge in [-0.1, -0.05) is 19.8 Å². The quantitative estimate of drug-likeness (QED) is 0.779. The van der Waals surface area contributed by atoms with E-state index in [1.807, 2.05) is 0 Å². The minimum Gasteiger partial charge on any atom is -0.381 e. The monoisotopic (exact) mass is 194 g/mol. The summed E-state index contributed by atoms with van der Waals surface area (Å²) < 4.78 is 0. The second-order valence-electron chi connectivity index (χ2n) is 4.45. The fourth-order valence-corrected chi connectivity index (χ4v) is 2.14. The molecule has 1 aromatic rings. The van der Waals surface area contributed by atoms with Gasteiger partial charge in [-0.3, -0.25) is 0 Å². The molecule has 2 N–H and O–H groups in total. The van der Waals surface area contributed by atoms with Crippen molar-refractivity contribution in [2.45, 2.75) is 39.2 Å². The standard InChI is InChI=1S/C10H18N4/c1-8-2-4-9(5-3-8)7-14-12-6-10(11)13-14/h6,8-9H,2-5,7H2,1H3,(H2,11,13). The molecule has 0 bridgehead atoms. The van der Waals surface area contributed by atoms with Gasteiger partial charge in [0.1, 0.15) is 0 Å². The minimum atomic E-state index is 0.522. The van der Waals surface area contributed by atoms with Crippen LogP contribution in [0.1, 0.15) is 32.6 Å². The van der Waals surface area contributed by atoms with Crippen LogP contribution in [0.2, 0.25) is 0 Å². The lowest BCUT2D eigenvalue weighted by molar-refractivity contribution is 0.249. The summed E-state index contributed by atoms with van der Waals surface area (Å²) in [6, 6.07) is 0. The average Bonchev–Trinajstić information content (AvgIpc) is 2.56. The Morgan fingerprint density at radius 1 is 1.43 bits per heavy atom. The van der Waals surface area contributed by atoms with Crippen LogP contribution in [0.15, 0.2) is 6.20 Å². The summed E-state index contributed by atoms with van der Waals surface area (Å²) in [5.74, 6) is 2.18. The van der Waals surface area contributed by atoms with E-state index in [-0.39, 0.29) is 0 Å². The van der Waals surface area contributed by atoms with E-state index >= 15 is 0 Å². The first-order chi connectivity index (χ1) is 6.74. The molecule has 0 aliphatic heterocycles.